The van der Waals surface area contributed by atoms with Crippen LogP contribution in [-0.2, 0) is 4.79 Å². The summed E-state index contributed by atoms with van der Waals surface area (Å²) in [5, 5.41) is 15.7. The van der Waals surface area contributed by atoms with E-state index in [1.807, 2.05) is 0 Å². The van der Waals surface area contributed by atoms with Gasteiger partial charge in [-0.2, -0.15) is 0 Å². The van der Waals surface area contributed by atoms with Gasteiger partial charge in [0.05, 0.1) is 16.2 Å². The van der Waals surface area contributed by atoms with Gasteiger partial charge in [-0.25, -0.2) is 4.39 Å². The molecule has 2 aromatic rings. The number of hydrogen-bond donors (Lipinski definition) is 2. The molecule has 0 unspecified atom stereocenters. The smallest absolute Gasteiger partial charge is 0.270 e. The summed E-state index contributed by atoms with van der Waals surface area (Å²) in [5.41, 5.74) is 0.870. The van der Waals surface area contributed by atoms with Crippen molar-refractivity contribution in [2.45, 2.75) is 6.92 Å². The number of hydrogen-bond acceptors (Lipinski definition) is 4. The van der Waals surface area contributed by atoms with Crippen LogP contribution < -0.4 is 10.6 Å². The average molecular weight is 331 g/mol. The van der Waals surface area contributed by atoms with Gasteiger partial charge < -0.3 is 10.6 Å². The number of carbonyl (C=O) groups is 2. The van der Waals surface area contributed by atoms with Gasteiger partial charge in [-0.05, 0) is 24.6 Å². The molecule has 0 heterocycles. The lowest BCUT2D eigenvalue weighted by atomic mass is 10.1. The molecule has 0 aliphatic rings. The maximum absolute atomic E-state index is 12.5. The standard InChI is InChI=1S/C16H14FN3O4/c1-10-4-2-3-5-13(10)19-16(22)12-8-11(20(23)24)6-7-14(12)18-15(21)9-17/h2-8H,9H2,1H3,(H,18,21)(H,19,22). The number of alkyl halides is 1. The number of carbonyl (C=O) groups excluding carboxylic acids is 2. The second-order valence-corrected chi connectivity index (χ2v) is 4.94. The van der Waals surface area contributed by atoms with Gasteiger partial charge >= 0.3 is 0 Å². The number of benzene rings is 2. The van der Waals surface area contributed by atoms with E-state index in [4.69, 9.17) is 0 Å². The lowest BCUT2D eigenvalue weighted by Gasteiger charge is -2.12. The van der Waals surface area contributed by atoms with Crippen molar-refractivity contribution in [1.82, 2.24) is 0 Å². The molecule has 0 saturated heterocycles. The zero-order valence-corrected chi connectivity index (χ0v) is 12.7. The van der Waals surface area contributed by atoms with Crippen LogP contribution in [0, 0.1) is 17.0 Å². The van der Waals surface area contributed by atoms with Crippen molar-refractivity contribution in [3.63, 3.8) is 0 Å². The van der Waals surface area contributed by atoms with Gasteiger partial charge in [0, 0.05) is 17.8 Å². The van der Waals surface area contributed by atoms with E-state index in [2.05, 4.69) is 10.6 Å². The Bertz CT molecular complexity index is 808. The Hall–Kier alpha value is -3.29. The highest BCUT2D eigenvalue weighted by atomic mass is 19.1. The molecule has 0 radical (unpaired) electrons. The first-order valence-corrected chi connectivity index (χ1v) is 6.93. The number of nitrogens with zero attached hydrogens (tertiary/aromatic N) is 1. The van der Waals surface area contributed by atoms with Crippen LogP contribution in [0.4, 0.5) is 21.5 Å². The molecule has 124 valence electrons. The molecule has 0 aliphatic carbocycles. The SMILES string of the molecule is Cc1ccccc1NC(=O)c1cc([N+](=O)[O-])ccc1NC(=O)CF. The predicted molar refractivity (Wildman–Crippen MR) is 86.8 cm³/mol. The first kappa shape index (κ1) is 17.1. The van der Waals surface area contributed by atoms with Crippen LogP contribution >= 0.6 is 0 Å². The Balaban J connectivity index is 2.39. The van der Waals surface area contributed by atoms with Gasteiger partial charge in [0.2, 0.25) is 0 Å². The maximum Gasteiger partial charge on any atom is 0.270 e. The summed E-state index contributed by atoms with van der Waals surface area (Å²) in [7, 11) is 0. The van der Waals surface area contributed by atoms with Crippen molar-refractivity contribution in [1.29, 1.82) is 0 Å². The number of aryl methyl sites for hydroxylation is 1. The number of para-hydroxylation sites is 1. The second-order valence-electron chi connectivity index (χ2n) is 4.94. The van der Waals surface area contributed by atoms with Crippen LogP contribution in [0.5, 0.6) is 0 Å². The minimum absolute atomic E-state index is 0.00525. The van der Waals surface area contributed by atoms with E-state index in [1.54, 1.807) is 31.2 Å². The summed E-state index contributed by atoms with van der Waals surface area (Å²) in [6, 6.07) is 10.3. The Labute approximate surface area is 136 Å². The van der Waals surface area contributed by atoms with Gasteiger partial charge in [0.1, 0.15) is 0 Å². The van der Waals surface area contributed by atoms with E-state index < -0.39 is 23.4 Å². The monoisotopic (exact) mass is 331 g/mol. The third-order valence-corrected chi connectivity index (χ3v) is 3.25. The molecule has 0 atom stereocenters. The van der Waals surface area contributed by atoms with Crippen LogP contribution in [0.15, 0.2) is 42.5 Å². The summed E-state index contributed by atoms with van der Waals surface area (Å²) in [5.74, 6) is -1.60. The molecule has 0 bridgehead atoms. The van der Waals surface area contributed by atoms with E-state index in [1.165, 1.54) is 6.07 Å². The van der Waals surface area contributed by atoms with Crippen molar-refractivity contribution in [2.75, 3.05) is 17.3 Å². The second kappa shape index (κ2) is 7.32. The summed E-state index contributed by atoms with van der Waals surface area (Å²) in [6.45, 7) is 0.519. The Morgan fingerprint density at radius 2 is 1.83 bits per heavy atom. The zero-order chi connectivity index (χ0) is 17.7. The van der Waals surface area contributed by atoms with Crippen molar-refractivity contribution < 1.29 is 18.9 Å². The minimum atomic E-state index is -1.27. The van der Waals surface area contributed by atoms with Gasteiger partial charge in [-0.15, -0.1) is 0 Å². The average Bonchev–Trinajstić information content (AvgIpc) is 2.56. The third-order valence-electron chi connectivity index (χ3n) is 3.25. The molecule has 7 nitrogen and oxygen atoms in total. The molecule has 8 heteroatoms. The van der Waals surface area contributed by atoms with E-state index in [-0.39, 0.29) is 16.9 Å². The quantitative estimate of drug-likeness (QED) is 0.649. The van der Waals surface area contributed by atoms with Crippen LogP contribution in [0.25, 0.3) is 0 Å². The van der Waals surface area contributed by atoms with Gasteiger partial charge in [0.25, 0.3) is 17.5 Å². The van der Waals surface area contributed by atoms with E-state index in [0.29, 0.717) is 5.69 Å². The van der Waals surface area contributed by atoms with Gasteiger partial charge in [-0.3, -0.25) is 19.7 Å². The number of anilines is 2. The highest BCUT2D eigenvalue weighted by molar-refractivity contribution is 6.10. The highest BCUT2D eigenvalue weighted by Crippen LogP contribution is 2.24. The van der Waals surface area contributed by atoms with E-state index in [9.17, 15) is 24.1 Å². The zero-order valence-electron chi connectivity index (χ0n) is 12.7. The van der Waals surface area contributed by atoms with E-state index in [0.717, 1.165) is 17.7 Å². The largest absolute Gasteiger partial charge is 0.323 e. The third kappa shape index (κ3) is 3.92. The van der Waals surface area contributed by atoms with Gasteiger partial charge in [0.15, 0.2) is 6.67 Å². The molecule has 2 N–H and O–H groups in total. The summed E-state index contributed by atoms with van der Waals surface area (Å²) >= 11 is 0. The predicted octanol–water partition coefficient (Wildman–Crippen LogP) is 3.06. The fourth-order valence-corrected chi connectivity index (χ4v) is 2.03. The van der Waals surface area contributed by atoms with Crippen molar-refractivity contribution in [3.05, 3.63) is 63.7 Å². The number of halogens is 1. The summed E-state index contributed by atoms with van der Waals surface area (Å²) in [6.07, 6.45) is 0. The molecular weight excluding hydrogens is 317 g/mol. The maximum atomic E-state index is 12.5. The lowest BCUT2D eigenvalue weighted by molar-refractivity contribution is -0.384. The Morgan fingerprint density at radius 3 is 2.46 bits per heavy atom. The first-order valence-electron chi connectivity index (χ1n) is 6.93. The number of nitro groups is 1. The first-order chi connectivity index (χ1) is 11.4. The fraction of sp³-hybridized carbons (Fsp3) is 0.125. The van der Waals surface area contributed by atoms with Crippen LogP contribution in [0.1, 0.15) is 15.9 Å². The number of amides is 2. The molecule has 0 spiro atoms. The molecule has 0 aromatic heterocycles. The van der Waals surface area contributed by atoms with Crippen LogP contribution in [0.3, 0.4) is 0 Å². The molecule has 24 heavy (non-hydrogen) atoms. The lowest BCUT2D eigenvalue weighted by Crippen LogP contribution is -2.19. The molecule has 2 aromatic carbocycles. The molecular formula is C16H14FN3O4. The molecule has 0 aliphatic heterocycles. The molecule has 2 rings (SSSR count). The highest BCUT2D eigenvalue weighted by Gasteiger charge is 2.18. The molecule has 2 amide bonds. The molecule has 0 fully saturated rings. The number of non-ortho nitro benzene ring substituents is 1. The fourth-order valence-electron chi connectivity index (χ4n) is 2.03. The number of nitro benzene ring substituents is 1. The Morgan fingerprint density at radius 1 is 1.12 bits per heavy atom. The topological polar surface area (TPSA) is 101 Å². The normalized spacial score (nSPS) is 10.1. The summed E-state index contributed by atoms with van der Waals surface area (Å²) < 4.78 is 12.4. The van der Waals surface area contributed by atoms with Crippen LogP contribution in [0.2, 0.25) is 0 Å². The Kier molecular flexibility index (Phi) is 5.20. The van der Waals surface area contributed by atoms with Crippen molar-refractivity contribution in [3.8, 4) is 0 Å². The van der Waals surface area contributed by atoms with Crippen molar-refractivity contribution >= 4 is 28.9 Å². The number of rotatable bonds is 5. The molecule has 0 saturated carbocycles. The van der Waals surface area contributed by atoms with Gasteiger partial charge in [-0.1, -0.05) is 18.2 Å². The minimum Gasteiger partial charge on any atom is -0.323 e. The number of nitrogens with one attached hydrogen (secondary N) is 2. The van der Waals surface area contributed by atoms with E-state index >= 15 is 0 Å². The van der Waals surface area contributed by atoms with Crippen LogP contribution in [-0.4, -0.2) is 23.4 Å². The van der Waals surface area contributed by atoms with Crippen molar-refractivity contribution in [2.24, 2.45) is 0 Å². The summed E-state index contributed by atoms with van der Waals surface area (Å²) in [4.78, 5) is 33.9.